The minimum atomic E-state index is 0. The van der Waals surface area contributed by atoms with Crippen LogP contribution in [0.15, 0.2) is 162 Å². The van der Waals surface area contributed by atoms with Crippen molar-refractivity contribution in [2.24, 2.45) is 0 Å². The first kappa shape index (κ1) is 29.1. The van der Waals surface area contributed by atoms with E-state index < -0.39 is 0 Å². The lowest BCUT2D eigenvalue weighted by Gasteiger charge is -2.14. The van der Waals surface area contributed by atoms with Crippen molar-refractivity contribution in [1.29, 1.82) is 0 Å². The summed E-state index contributed by atoms with van der Waals surface area (Å²) in [7, 11) is 0. The molecule has 0 fully saturated rings. The Bertz CT molecular complexity index is 1930. The molecule has 0 atom stereocenters. The van der Waals surface area contributed by atoms with Gasteiger partial charge in [0.2, 0.25) is 0 Å². The summed E-state index contributed by atoms with van der Waals surface area (Å²) in [6.07, 6.45) is 0. The predicted molar refractivity (Wildman–Crippen MR) is 201 cm³/mol. The van der Waals surface area contributed by atoms with Crippen LogP contribution in [-0.2, 0) is 0 Å². The van der Waals surface area contributed by atoms with Crippen molar-refractivity contribution >= 4 is 81.6 Å². The average molecular weight is 729 g/mol. The zero-order chi connectivity index (χ0) is 28.5. The fraction of sp³-hybridized carbons (Fsp3) is 0.0244. The fourth-order valence-corrected chi connectivity index (χ4v) is 7.61. The van der Waals surface area contributed by atoms with E-state index in [2.05, 4.69) is 196 Å². The van der Waals surface area contributed by atoms with Crippen molar-refractivity contribution < 1.29 is 0 Å². The number of rotatable bonds is 2. The second-order valence-electron chi connectivity index (χ2n) is 10.3. The topological polar surface area (TPSA) is 0 Å². The van der Waals surface area contributed by atoms with Gasteiger partial charge in [-0.15, -0.1) is 0 Å². The van der Waals surface area contributed by atoms with Gasteiger partial charge in [0.15, 0.2) is 0 Å². The van der Waals surface area contributed by atoms with Crippen LogP contribution in [0, 0.1) is 3.57 Å². The molecule has 0 heterocycles. The quantitative estimate of drug-likeness (QED) is 0.123. The Labute approximate surface area is 275 Å². The highest BCUT2D eigenvalue weighted by atomic mass is 127. The average Bonchev–Trinajstić information content (AvgIpc) is 3.06. The molecule has 0 aromatic heterocycles. The van der Waals surface area contributed by atoms with Gasteiger partial charge < -0.3 is 0 Å². The molecule has 0 bridgehead atoms. The summed E-state index contributed by atoms with van der Waals surface area (Å²) in [5, 5.41) is 10.4. The van der Waals surface area contributed by atoms with Gasteiger partial charge in [0, 0.05) is 8.04 Å². The summed E-state index contributed by atoms with van der Waals surface area (Å²) in [4.78, 5) is 0. The Morgan fingerprint density at radius 2 is 0.581 bits per heavy atom. The SMILES string of the molecule is Brc1c2ccccc2c(-c2ccccc2)c2ccccc12.C.Ic1c2ccccc2c(-c2ccccc2)c2ccccc12. The molecule has 208 valence electrons. The van der Waals surface area contributed by atoms with E-state index in [0.29, 0.717) is 0 Å². The van der Waals surface area contributed by atoms with Gasteiger partial charge >= 0.3 is 0 Å². The Kier molecular flexibility index (Phi) is 8.60. The molecule has 0 amide bonds. The summed E-state index contributed by atoms with van der Waals surface area (Å²) >= 11 is 6.26. The molecule has 0 aliphatic rings. The third-order valence-electron chi connectivity index (χ3n) is 7.86. The number of halogens is 2. The van der Waals surface area contributed by atoms with Gasteiger partial charge in [-0.3, -0.25) is 0 Å². The Morgan fingerprint density at radius 3 is 0.930 bits per heavy atom. The molecule has 8 rings (SSSR count). The highest BCUT2D eigenvalue weighted by Crippen LogP contribution is 2.42. The zero-order valence-corrected chi connectivity index (χ0v) is 26.5. The number of hydrogen-bond acceptors (Lipinski definition) is 0. The molecule has 0 radical (unpaired) electrons. The molecular weight excluding hydrogens is 699 g/mol. The van der Waals surface area contributed by atoms with E-state index >= 15 is 0 Å². The van der Waals surface area contributed by atoms with E-state index in [1.54, 1.807) is 0 Å². The first-order valence-electron chi connectivity index (χ1n) is 14.0. The van der Waals surface area contributed by atoms with Gasteiger partial charge in [0.1, 0.15) is 0 Å². The summed E-state index contributed by atoms with van der Waals surface area (Å²) < 4.78 is 2.51. The molecule has 0 saturated carbocycles. The maximum absolute atomic E-state index is 3.79. The lowest BCUT2D eigenvalue weighted by Crippen LogP contribution is -1.88. The lowest BCUT2D eigenvalue weighted by atomic mass is 9.92. The van der Waals surface area contributed by atoms with Crippen LogP contribution in [0.25, 0.3) is 65.3 Å². The van der Waals surface area contributed by atoms with E-state index in [1.165, 1.54) is 73.4 Å². The Balaban J connectivity index is 0.000000150. The molecule has 0 aliphatic carbocycles. The fourth-order valence-electron chi connectivity index (χ4n) is 5.98. The lowest BCUT2D eigenvalue weighted by molar-refractivity contribution is 1.66. The van der Waals surface area contributed by atoms with Crippen LogP contribution < -0.4 is 0 Å². The first-order chi connectivity index (χ1) is 20.7. The van der Waals surface area contributed by atoms with Crippen molar-refractivity contribution in [2.45, 2.75) is 7.43 Å². The van der Waals surface area contributed by atoms with Crippen LogP contribution in [0.1, 0.15) is 7.43 Å². The van der Waals surface area contributed by atoms with E-state index in [4.69, 9.17) is 0 Å². The van der Waals surface area contributed by atoms with Crippen LogP contribution in [0.4, 0.5) is 0 Å². The molecule has 43 heavy (non-hydrogen) atoms. The van der Waals surface area contributed by atoms with Crippen LogP contribution >= 0.6 is 38.5 Å². The molecular formula is C41H30BrI. The molecule has 0 nitrogen and oxygen atoms in total. The monoisotopic (exact) mass is 728 g/mol. The highest BCUT2D eigenvalue weighted by Gasteiger charge is 2.14. The molecule has 0 spiro atoms. The Morgan fingerprint density at radius 1 is 0.326 bits per heavy atom. The van der Waals surface area contributed by atoms with Gasteiger partial charge in [-0.25, -0.2) is 0 Å². The van der Waals surface area contributed by atoms with E-state index in [9.17, 15) is 0 Å². The first-order valence-corrected chi connectivity index (χ1v) is 15.9. The van der Waals surface area contributed by atoms with Crippen LogP contribution in [0.3, 0.4) is 0 Å². The summed E-state index contributed by atoms with van der Waals surface area (Å²) in [6.45, 7) is 0. The minimum Gasteiger partial charge on any atom is -0.0776 e. The largest absolute Gasteiger partial charge is 0.0776 e. The molecule has 0 unspecified atom stereocenters. The van der Waals surface area contributed by atoms with Gasteiger partial charge in [0.05, 0.1) is 0 Å². The number of hydrogen-bond donors (Lipinski definition) is 0. The van der Waals surface area contributed by atoms with Crippen molar-refractivity contribution in [3.05, 3.63) is 166 Å². The second-order valence-corrected chi connectivity index (χ2v) is 12.2. The second kappa shape index (κ2) is 12.7. The Hall–Kier alpha value is -3.99. The molecule has 8 aromatic carbocycles. The van der Waals surface area contributed by atoms with E-state index in [0.717, 1.165) is 0 Å². The zero-order valence-electron chi connectivity index (χ0n) is 22.8. The third-order valence-corrected chi connectivity index (χ3v) is 9.87. The molecule has 0 N–H and O–H groups in total. The van der Waals surface area contributed by atoms with E-state index in [1.807, 2.05) is 0 Å². The van der Waals surface area contributed by atoms with Gasteiger partial charge in [-0.2, -0.15) is 0 Å². The van der Waals surface area contributed by atoms with Crippen molar-refractivity contribution in [2.75, 3.05) is 0 Å². The smallest absolute Gasteiger partial charge is 0.0332 e. The normalized spacial score (nSPS) is 10.8. The summed E-state index contributed by atoms with van der Waals surface area (Å²) in [5.41, 5.74) is 5.19. The maximum Gasteiger partial charge on any atom is 0.0332 e. The summed E-state index contributed by atoms with van der Waals surface area (Å²) in [5.74, 6) is 0. The van der Waals surface area contributed by atoms with Crippen molar-refractivity contribution in [3.8, 4) is 22.3 Å². The summed E-state index contributed by atoms with van der Waals surface area (Å²) in [6, 6.07) is 55.8. The third kappa shape index (κ3) is 5.35. The molecule has 0 saturated heterocycles. The van der Waals surface area contributed by atoms with Crippen LogP contribution in [-0.4, -0.2) is 0 Å². The molecule has 2 heteroatoms. The predicted octanol–water partition coefficient (Wildman–Crippen LogP) is 13.3. The van der Waals surface area contributed by atoms with Crippen LogP contribution in [0.5, 0.6) is 0 Å². The van der Waals surface area contributed by atoms with Crippen LogP contribution in [0.2, 0.25) is 0 Å². The van der Waals surface area contributed by atoms with E-state index in [-0.39, 0.29) is 7.43 Å². The molecule has 8 aromatic rings. The van der Waals surface area contributed by atoms with Gasteiger partial charge in [-0.1, -0.05) is 165 Å². The van der Waals surface area contributed by atoms with Gasteiger partial charge in [0.25, 0.3) is 0 Å². The number of benzene rings is 8. The van der Waals surface area contributed by atoms with Crippen molar-refractivity contribution in [1.82, 2.24) is 0 Å². The highest BCUT2D eigenvalue weighted by molar-refractivity contribution is 14.1. The maximum atomic E-state index is 3.79. The van der Waals surface area contributed by atoms with Crippen molar-refractivity contribution in [3.63, 3.8) is 0 Å². The molecule has 0 aliphatic heterocycles. The minimum absolute atomic E-state index is 0. The number of fused-ring (bicyclic) bond motifs is 4. The van der Waals surface area contributed by atoms with Gasteiger partial charge in [-0.05, 0) is 104 Å². The standard InChI is InChI=1S/C20H13Br.C20H13I.CH4/c2*21-20-17-12-6-4-10-15(17)19(14-8-2-1-3-9-14)16-11-5-7-13-18(16)20;/h2*1-13H;1H4.